The van der Waals surface area contributed by atoms with E-state index in [1.165, 1.54) is 6.07 Å². The van der Waals surface area contributed by atoms with Gasteiger partial charge in [-0.15, -0.1) is 0 Å². The average Bonchev–Trinajstić information content (AvgIpc) is 3.40. The van der Waals surface area contributed by atoms with Crippen LogP contribution >= 0.6 is 0 Å². The maximum atomic E-state index is 14.6. The van der Waals surface area contributed by atoms with E-state index in [1.54, 1.807) is 16.9 Å². The lowest BCUT2D eigenvalue weighted by Gasteiger charge is -2.24. The minimum Gasteiger partial charge on any atom is -0.339 e. The first-order chi connectivity index (χ1) is 13.5. The summed E-state index contributed by atoms with van der Waals surface area (Å²) in [5.41, 5.74) is 13.7. The maximum absolute atomic E-state index is 14.6. The van der Waals surface area contributed by atoms with Crippen LogP contribution in [-0.2, 0) is 17.8 Å². The fourth-order valence-electron chi connectivity index (χ4n) is 4.37. The topological polar surface area (TPSA) is 111 Å². The van der Waals surface area contributed by atoms with Gasteiger partial charge in [-0.25, -0.2) is 4.39 Å². The van der Waals surface area contributed by atoms with Gasteiger partial charge in [-0.05, 0) is 42.4 Å². The Bertz CT molecular complexity index is 853. The van der Waals surface area contributed by atoms with Crippen LogP contribution < -0.4 is 22.1 Å². The minimum atomic E-state index is -0.624. The van der Waals surface area contributed by atoms with E-state index in [1.807, 2.05) is 12.3 Å². The van der Waals surface area contributed by atoms with E-state index >= 15 is 0 Å². The molecule has 150 valence electrons. The second-order valence-corrected chi connectivity index (χ2v) is 7.82. The van der Waals surface area contributed by atoms with Gasteiger partial charge in [0.25, 0.3) is 0 Å². The number of hydrogen-bond donors (Lipinski definition) is 4. The molecule has 2 aliphatic rings. The summed E-state index contributed by atoms with van der Waals surface area (Å²) < 4.78 is 16.3. The first-order valence-electron chi connectivity index (χ1n) is 9.87. The van der Waals surface area contributed by atoms with Crippen molar-refractivity contribution in [3.05, 3.63) is 42.0 Å². The van der Waals surface area contributed by atoms with Crippen LogP contribution in [0.25, 0.3) is 11.1 Å². The Morgan fingerprint density at radius 2 is 2.25 bits per heavy atom. The van der Waals surface area contributed by atoms with E-state index in [9.17, 15) is 9.18 Å². The van der Waals surface area contributed by atoms with Gasteiger partial charge in [-0.3, -0.25) is 9.48 Å². The number of fused-ring (bicyclic) bond motifs is 2. The number of aromatic nitrogens is 2. The van der Waals surface area contributed by atoms with Crippen LogP contribution in [0.5, 0.6) is 0 Å². The van der Waals surface area contributed by atoms with Crippen LogP contribution in [0.3, 0.4) is 0 Å². The van der Waals surface area contributed by atoms with Gasteiger partial charge in [0.05, 0.1) is 24.9 Å². The third kappa shape index (κ3) is 3.94. The van der Waals surface area contributed by atoms with E-state index < -0.39 is 6.17 Å². The summed E-state index contributed by atoms with van der Waals surface area (Å²) in [5, 5.41) is 10.4. The molecule has 2 aromatic rings. The molecule has 1 aliphatic carbocycles. The van der Waals surface area contributed by atoms with Crippen molar-refractivity contribution in [2.75, 3.05) is 6.54 Å². The number of carbonyl (C=O) groups excluding carboxylic acids is 1. The standard InChI is InChI=1S/C20H27FN6O/c21-17-8-12(15-10-24-27(11-15)6-5-22)1-2-13(17)9-18(23)26-20(28)19-14-3-4-16(7-14)25-19/h1-2,8,10-11,14,16,18-19,25H,3-7,9,22-23H2,(H,26,28)/t14-,16+,18-,19-/m0/s1. The van der Waals surface area contributed by atoms with E-state index in [-0.39, 0.29) is 24.2 Å². The summed E-state index contributed by atoms with van der Waals surface area (Å²) in [6.07, 6.45) is 6.44. The second kappa shape index (κ2) is 7.98. The van der Waals surface area contributed by atoms with Crippen molar-refractivity contribution in [3.8, 4) is 11.1 Å². The van der Waals surface area contributed by atoms with Gasteiger partial charge in [0.1, 0.15) is 5.82 Å². The molecule has 0 radical (unpaired) electrons. The number of nitrogens with two attached hydrogens (primary N) is 2. The smallest absolute Gasteiger partial charge is 0.238 e. The molecular weight excluding hydrogens is 359 g/mol. The van der Waals surface area contributed by atoms with E-state index in [0.29, 0.717) is 30.6 Å². The lowest BCUT2D eigenvalue weighted by molar-refractivity contribution is -0.124. The lowest BCUT2D eigenvalue weighted by atomic mass is 9.99. The third-order valence-electron chi connectivity index (χ3n) is 5.79. The molecule has 7 nitrogen and oxygen atoms in total. The zero-order valence-electron chi connectivity index (χ0n) is 15.8. The van der Waals surface area contributed by atoms with Crippen LogP contribution in [0.4, 0.5) is 4.39 Å². The molecule has 0 unspecified atom stereocenters. The summed E-state index contributed by atoms with van der Waals surface area (Å²) >= 11 is 0. The van der Waals surface area contributed by atoms with Crippen LogP contribution in [0.1, 0.15) is 24.8 Å². The molecule has 8 heteroatoms. The highest BCUT2D eigenvalue weighted by atomic mass is 19.1. The molecule has 1 aliphatic heterocycles. The van der Waals surface area contributed by atoms with Crippen molar-refractivity contribution < 1.29 is 9.18 Å². The van der Waals surface area contributed by atoms with Gasteiger partial charge < -0.3 is 22.1 Å². The van der Waals surface area contributed by atoms with Gasteiger partial charge >= 0.3 is 0 Å². The fraction of sp³-hybridized carbons (Fsp3) is 0.500. The molecule has 28 heavy (non-hydrogen) atoms. The van der Waals surface area contributed by atoms with Gasteiger partial charge in [0.15, 0.2) is 0 Å². The normalized spacial score (nSPS) is 24.5. The zero-order valence-corrected chi connectivity index (χ0v) is 15.8. The number of carbonyl (C=O) groups is 1. The number of benzene rings is 1. The highest BCUT2D eigenvalue weighted by molar-refractivity contribution is 5.83. The molecule has 1 amide bonds. The predicted octanol–water partition coefficient (Wildman–Crippen LogP) is 0.732. The number of nitrogens with one attached hydrogen (secondary N) is 2. The summed E-state index contributed by atoms with van der Waals surface area (Å²) in [6.45, 7) is 1.11. The Morgan fingerprint density at radius 1 is 1.39 bits per heavy atom. The van der Waals surface area contributed by atoms with Crippen molar-refractivity contribution in [2.45, 2.75) is 50.5 Å². The Balaban J connectivity index is 1.36. The summed E-state index contributed by atoms with van der Waals surface area (Å²) in [5.74, 6) is -0.0238. The van der Waals surface area contributed by atoms with Crippen molar-refractivity contribution in [2.24, 2.45) is 17.4 Å². The molecule has 4 rings (SSSR count). The summed E-state index contributed by atoms with van der Waals surface area (Å²) in [6, 6.07) is 5.32. The molecule has 6 N–H and O–H groups in total. The highest BCUT2D eigenvalue weighted by Crippen LogP contribution is 2.35. The molecule has 4 atom stereocenters. The van der Waals surface area contributed by atoms with Gasteiger partial charge in [0.2, 0.25) is 5.91 Å². The SMILES string of the molecule is NCCn1cc(-c2ccc(C[C@@H](N)NC(=O)[C@H]3N[C@@H]4CC[C@H]3C4)c(F)c2)cn1. The van der Waals surface area contributed by atoms with E-state index in [0.717, 1.165) is 30.4 Å². The lowest BCUT2D eigenvalue weighted by Crippen LogP contribution is -2.53. The Kier molecular flexibility index (Phi) is 5.43. The van der Waals surface area contributed by atoms with Crippen molar-refractivity contribution >= 4 is 5.91 Å². The molecule has 1 saturated carbocycles. The first-order valence-corrected chi connectivity index (χ1v) is 9.87. The number of halogens is 1. The Hall–Kier alpha value is -2.29. The third-order valence-corrected chi connectivity index (χ3v) is 5.79. The first kappa shape index (κ1) is 19.0. The number of hydrogen-bond acceptors (Lipinski definition) is 5. The zero-order chi connectivity index (χ0) is 19.7. The number of nitrogens with zero attached hydrogens (tertiary/aromatic N) is 2. The monoisotopic (exact) mass is 386 g/mol. The molecule has 1 aromatic carbocycles. The number of piperidine rings is 1. The van der Waals surface area contributed by atoms with Crippen LogP contribution in [0.2, 0.25) is 0 Å². The summed E-state index contributed by atoms with van der Waals surface area (Å²) in [4.78, 5) is 12.4. The van der Waals surface area contributed by atoms with E-state index in [4.69, 9.17) is 11.5 Å². The van der Waals surface area contributed by atoms with Crippen molar-refractivity contribution in [3.63, 3.8) is 0 Å². The number of amides is 1. The molecule has 0 spiro atoms. The summed E-state index contributed by atoms with van der Waals surface area (Å²) in [7, 11) is 0. The quantitative estimate of drug-likeness (QED) is 0.525. The van der Waals surface area contributed by atoms with Gasteiger partial charge in [-0.1, -0.05) is 12.1 Å². The minimum absolute atomic E-state index is 0.0796. The molecular formula is C20H27FN6O. The van der Waals surface area contributed by atoms with Crippen molar-refractivity contribution in [1.29, 1.82) is 0 Å². The highest BCUT2D eigenvalue weighted by Gasteiger charge is 2.42. The van der Waals surface area contributed by atoms with Gasteiger partial charge in [-0.2, -0.15) is 5.10 Å². The second-order valence-electron chi connectivity index (χ2n) is 7.82. The van der Waals surface area contributed by atoms with Crippen LogP contribution in [0.15, 0.2) is 30.6 Å². The number of rotatable bonds is 7. The molecule has 1 saturated heterocycles. The van der Waals surface area contributed by atoms with E-state index in [2.05, 4.69) is 15.7 Å². The Labute approximate surface area is 163 Å². The fourth-order valence-corrected chi connectivity index (χ4v) is 4.37. The average molecular weight is 386 g/mol. The Morgan fingerprint density at radius 3 is 2.93 bits per heavy atom. The van der Waals surface area contributed by atoms with Crippen LogP contribution in [-0.4, -0.2) is 40.5 Å². The predicted molar refractivity (Wildman–Crippen MR) is 105 cm³/mol. The maximum Gasteiger partial charge on any atom is 0.238 e. The van der Waals surface area contributed by atoms with Gasteiger partial charge in [0, 0.05) is 30.8 Å². The molecule has 2 heterocycles. The largest absolute Gasteiger partial charge is 0.339 e. The molecule has 2 bridgehead atoms. The molecule has 1 aromatic heterocycles. The molecule has 2 fully saturated rings. The van der Waals surface area contributed by atoms with Crippen molar-refractivity contribution in [1.82, 2.24) is 20.4 Å². The van der Waals surface area contributed by atoms with Crippen LogP contribution in [0, 0.1) is 11.7 Å².